The Bertz CT molecular complexity index is 2610. The molecule has 0 saturated heterocycles. The van der Waals surface area contributed by atoms with Crippen LogP contribution < -0.4 is 0 Å². The summed E-state index contributed by atoms with van der Waals surface area (Å²) in [5, 5.41) is 4.86. The predicted octanol–water partition coefficient (Wildman–Crippen LogP) is 12.8. The minimum absolute atomic E-state index is 0.963. The van der Waals surface area contributed by atoms with Crippen LogP contribution in [0.25, 0.3) is 88.6 Å². The molecule has 0 spiro atoms. The first-order chi connectivity index (χ1) is 24.8. The zero-order valence-corrected chi connectivity index (χ0v) is 27.4. The van der Waals surface area contributed by atoms with Crippen LogP contribution in [0.5, 0.6) is 0 Å². The predicted molar refractivity (Wildman–Crippen MR) is 210 cm³/mol. The molecule has 7 aromatic carbocycles. The Balaban J connectivity index is 1.30. The highest BCUT2D eigenvalue weighted by Gasteiger charge is 2.18. The highest BCUT2D eigenvalue weighted by Crippen LogP contribution is 2.45. The van der Waals surface area contributed by atoms with Crippen LogP contribution in [-0.4, -0.2) is 9.97 Å². The number of rotatable bonds is 6. The molecule has 0 fully saturated rings. The molecular weight excluding hydrogens is 605 g/mol. The molecule has 2 nitrogen and oxygen atoms in total. The molecule has 0 atom stereocenters. The van der Waals surface area contributed by atoms with Crippen molar-refractivity contribution in [3.8, 4) is 67.0 Å². The van der Waals surface area contributed by atoms with E-state index >= 15 is 0 Å². The van der Waals surface area contributed by atoms with E-state index in [0.29, 0.717) is 0 Å². The van der Waals surface area contributed by atoms with Gasteiger partial charge in [-0.3, -0.25) is 9.97 Å². The van der Waals surface area contributed by atoms with E-state index in [0.717, 1.165) is 22.5 Å². The summed E-state index contributed by atoms with van der Waals surface area (Å²) in [6, 6.07) is 65.0. The second-order valence-corrected chi connectivity index (χ2v) is 12.6. The molecule has 2 aromatic heterocycles. The summed E-state index contributed by atoms with van der Waals surface area (Å²) >= 11 is 0. The lowest BCUT2D eigenvalue weighted by atomic mass is 9.84. The molecular formula is C48H32N2. The number of nitrogens with zero attached hydrogens (tertiary/aromatic N) is 2. The molecule has 9 aromatic rings. The van der Waals surface area contributed by atoms with Gasteiger partial charge in [-0.1, -0.05) is 140 Å². The summed E-state index contributed by atoms with van der Waals surface area (Å²) in [6.45, 7) is 0. The summed E-state index contributed by atoms with van der Waals surface area (Å²) in [4.78, 5) is 9.33. The van der Waals surface area contributed by atoms with Gasteiger partial charge in [-0.05, 0) is 109 Å². The number of pyridine rings is 2. The summed E-state index contributed by atoms with van der Waals surface area (Å²) in [5.41, 5.74) is 13.7. The van der Waals surface area contributed by atoms with Gasteiger partial charge >= 0.3 is 0 Å². The van der Waals surface area contributed by atoms with Crippen molar-refractivity contribution in [3.63, 3.8) is 0 Å². The Labute approximate surface area is 292 Å². The molecule has 2 heteroatoms. The van der Waals surface area contributed by atoms with Crippen molar-refractivity contribution < 1.29 is 0 Å². The molecule has 0 aliphatic heterocycles. The molecule has 234 valence electrons. The lowest BCUT2D eigenvalue weighted by molar-refractivity contribution is 1.33. The van der Waals surface area contributed by atoms with Gasteiger partial charge in [0.2, 0.25) is 0 Å². The van der Waals surface area contributed by atoms with E-state index in [1.54, 1.807) is 0 Å². The molecule has 0 aliphatic rings. The summed E-state index contributed by atoms with van der Waals surface area (Å²) < 4.78 is 0. The molecule has 0 saturated carbocycles. The Morgan fingerprint density at radius 1 is 0.240 bits per heavy atom. The first-order valence-electron chi connectivity index (χ1n) is 17.0. The van der Waals surface area contributed by atoms with Crippen LogP contribution >= 0.6 is 0 Å². The zero-order valence-electron chi connectivity index (χ0n) is 27.4. The number of aromatic nitrogens is 2. The van der Waals surface area contributed by atoms with Crippen LogP contribution in [0.4, 0.5) is 0 Å². The summed E-state index contributed by atoms with van der Waals surface area (Å²) in [5.74, 6) is 0. The van der Waals surface area contributed by atoms with Gasteiger partial charge in [0.25, 0.3) is 0 Å². The SMILES string of the molecule is c1ccc(-c2ccc(-c3ccc4c(-c5cccc(-c6ccccn6)c5)c5ccccc5c(-c5cccc(-c6ccccn6)c5)c4c3)cc2)cc1. The third-order valence-corrected chi connectivity index (χ3v) is 9.57. The van der Waals surface area contributed by atoms with E-state index in [1.807, 2.05) is 36.7 Å². The van der Waals surface area contributed by atoms with E-state index in [4.69, 9.17) is 0 Å². The van der Waals surface area contributed by atoms with Gasteiger partial charge in [-0.2, -0.15) is 0 Å². The lowest BCUT2D eigenvalue weighted by Gasteiger charge is -2.19. The van der Waals surface area contributed by atoms with Gasteiger partial charge in [0.15, 0.2) is 0 Å². The molecule has 9 rings (SSSR count). The van der Waals surface area contributed by atoms with Crippen molar-refractivity contribution in [2.45, 2.75) is 0 Å². The van der Waals surface area contributed by atoms with Crippen LogP contribution in [0, 0.1) is 0 Å². The Morgan fingerprint density at radius 3 is 1.22 bits per heavy atom. The molecule has 0 unspecified atom stereocenters. The first kappa shape index (κ1) is 29.5. The van der Waals surface area contributed by atoms with Gasteiger partial charge < -0.3 is 0 Å². The smallest absolute Gasteiger partial charge is 0.0702 e. The summed E-state index contributed by atoms with van der Waals surface area (Å²) in [7, 11) is 0. The third kappa shape index (κ3) is 5.43. The average Bonchev–Trinajstić information content (AvgIpc) is 3.21. The minimum Gasteiger partial charge on any atom is -0.256 e. The van der Waals surface area contributed by atoms with Crippen LogP contribution in [0.1, 0.15) is 0 Å². The van der Waals surface area contributed by atoms with E-state index in [-0.39, 0.29) is 0 Å². The Morgan fingerprint density at radius 2 is 0.660 bits per heavy atom. The fraction of sp³-hybridized carbons (Fsp3) is 0. The van der Waals surface area contributed by atoms with Crippen LogP contribution in [0.3, 0.4) is 0 Å². The van der Waals surface area contributed by atoms with Crippen LogP contribution in [-0.2, 0) is 0 Å². The number of benzene rings is 7. The van der Waals surface area contributed by atoms with Crippen molar-refractivity contribution >= 4 is 21.5 Å². The largest absolute Gasteiger partial charge is 0.256 e. The first-order valence-corrected chi connectivity index (χ1v) is 17.0. The van der Waals surface area contributed by atoms with E-state index in [9.17, 15) is 0 Å². The maximum atomic E-state index is 4.67. The topological polar surface area (TPSA) is 25.8 Å². The van der Waals surface area contributed by atoms with Crippen LogP contribution in [0.2, 0.25) is 0 Å². The van der Waals surface area contributed by atoms with Gasteiger partial charge in [0.1, 0.15) is 0 Å². The standard InChI is InChI=1S/C48H32N2/c1-2-12-33(13-3-1)34-22-24-35(25-23-34)36-26-27-43-44(32-36)48(40-17-11-15-38(31-40)46-21-7-9-29-50-46)42-19-5-4-18-41(42)47(43)39-16-10-14-37(30-39)45-20-6-8-28-49-45/h1-32H. The lowest BCUT2D eigenvalue weighted by Crippen LogP contribution is -1.93. The Hall–Kier alpha value is -6.64. The second kappa shape index (κ2) is 12.8. The molecule has 0 N–H and O–H groups in total. The maximum Gasteiger partial charge on any atom is 0.0702 e. The highest BCUT2D eigenvalue weighted by atomic mass is 14.7. The van der Waals surface area contributed by atoms with Crippen LogP contribution in [0.15, 0.2) is 194 Å². The van der Waals surface area contributed by atoms with Gasteiger partial charge in [-0.25, -0.2) is 0 Å². The number of fused-ring (bicyclic) bond motifs is 2. The third-order valence-electron chi connectivity index (χ3n) is 9.57. The van der Waals surface area contributed by atoms with E-state index < -0.39 is 0 Å². The van der Waals surface area contributed by atoms with Crippen molar-refractivity contribution in [1.29, 1.82) is 0 Å². The monoisotopic (exact) mass is 636 g/mol. The molecule has 0 radical (unpaired) electrons. The second-order valence-electron chi connectivity index (χ2n) is 12.6. The number of hydrogen-bond donors (Lipinski definition) is 0. The highest BCUT2D eigenvalue weighted by molar-refractivity contribution is 6.22. The van der Waals surface area contributed by atoms with Crippen molar-refractivity contribution in [1.82, 2.24) is 9.97 Å². The number of hydrogen-bond acceptors (Lipinski definition) is 2. The van der Waals surface area contributed by atoms with Crippen molar-refractivity contribution in [2.24, 2.45) is 0 Å². The quantitative estimate of drug-likeness (QED) is 0.170. The molecule has 0 bridgehead atoms. The normalized spacial score (nSPS) is 11.2. The maximum absolute atomic E-state index is 4.67. The van der Waals surface area contributed by atoms with Gasteiger partial charge in [0, 0.05) is 23.5 Å². The fourth-order valence-electron chi connectivity index (χ4n) is 7.20. The van der Waals surface area contributed by atoms with E-state index in [1.165, 1.54) is 66.1 Å². The molecule has 0 aliphatic carbocycles. The molecule has 2 heterocycles. The minimum atomic E-state index is 0.963. The summed E-state index contributed by atoms with van der Waals surface area (Å²) in [6.07, 6.45) is 3.71. The molecule has 50 heavy (non-hydrogen) atoms. The van der Waals surface area contributed by atoms with E-state index in [2.05, 4.69) is 168 Å². The molecule has 0 amide bonds. The fourth-order valence-corrected chi connectivity index (χ4v) is 7.20. The van der Waals surface area contributed by atoms with Gasteiger partial charge in [0.05, 0.1) is 11.4 Å². The Kier molecular flexibility index (Phi) is 7.53. The average molecular weight is 637 g/mol. The van der Waals surface area contributed by atoms with Crippen molar-refractivity contribution in [2.75, 3.05) is 0 Å². The zero-order chi connectivity index (χ0) is 33.3. The van der Waals surface area contributed by atoms with Crippen molar-refractivity contribution in [3.05, 3.63) is 194 Å². The van der Waals surface area contributed by atoms with Gasteiger partial charge in [-0.15, -0.1) is 0 Å².